The summed E-state index contributed by atoms with van der Waals surface area (Å²) in [5.74, 6) is 1.42. The molecule has 0 amide bonds. The number of halogens is 1. The van der Waals surface area contributed by atoms with Gasteiger partial charge < -0.3 is 15.4 Å². The number of pyridine rings is 1. The van der Waals surface area contributed by atoms with Gasteiger partial charge in [0.2, 0.25) is 5.88 Å². The zero-order chi connectivity index (χ0) is 17.4. The Bertz CT molecular complexity index is 704. The molecule has 1 aromatic heterocycles. The average molecular weight is 454 g/mol. The molecule has 136 valence electrons. The molecule has 0 saturated carbocycles. The van der Waals surface area contributed by atoms with Gasteiger partial charge in [0.15, 0.2) is 5.96 Å². The number of aliphatic imine (C=N–C) groups is 1. The lowest BCUT2D eigenvalue weighted by atomic mass is 10.1. The van der Waals surface area contributed by atoms with Crippen LogP contribution in [-0.2, 0) is 13.1 Å². The summed E-state index contributed by atoms with van der Waals surface area (Å²) < 4.78 is 5.55. The van der Waals surface area contributed by atoms with Crippen LogP contribution >= 0.6 is 24.0 Å². The van der Waals surface area contributed by atoms with Crippen LogP contribution in [0.2, 0.25) is 0 Å². The van der Waals surface area contributed by atoms with E-state index in [2.05, 4.69) is 52.7 Å². The molecule has 1 aromatic carbocycles. The van der Waals surface area contributed by atoms with E-state index in [9.17, 15) is 0 Å². The number of hydrogen-bond acceptors (Lipinski definition) is 3. The van der Waals surface area contributed by atoms with Gasteiger partial charge in [-0.2, -0.15) is 0 Å². The lowest BCUT2D eigenvalue weighted by Crippen LogP contribution is -2.36. The fourth-order valence-corrected chi connectivity index (χ4v) is 2.45. The second-order valence-corrected chi connectivity index (χ2v) is 5.61. The Labute approximate surface area is 167 Å². The molecule has 0 saturated heterocycles. The Hall–Kier alpha value is -1.83. The molecule has 0 fully saturated rings. The second-order valence-electron chi connectivity index (χ2n) is 5.61. The lowest BCUT2D eigenvalue weighted by Gasteiger charge is -2.14. The maximum Gasteiger partial charge on any atom is 0.218 e. The molecule has 2 N–H and O–H groups in total. The van der Waals surface area contributed by atoms with E-state index in [-0.39, 0.29) is 24.0 Å². The van der Waals surface area contributed by atoms with Crippen molar-refractivity contribution in [3.63, 3.8) is 0 Å². The number of guanidine groups is 1. The maximum absolute atomic E-state index is 5.55. The summed E-state index contributed by atoms with van der Waals surface area (Å²) in [6.07, 6.45) is 1.74. The van der Waals surface area contributed by atoms with Crippen molar-refractivity contribution in [2.75, 3.05) is 13.7 Å². The van der Waals surface area contributed by atoms with Crippen molar-refractivity contribution in [3.8, 4) is 5.88 Å². The third-order valence-electron chi connectivity index (χ3n) is 3.75. The first-order chi connectivity index (χ1) is 11.6. The zero-order valence-corrected chi connectivity index (χ0v) is 17.6. The number of nitrogens with zero attached hydrogens (tertiary/aromatic N) is 2. The van der Waals surface area contributed by atoms with Crippen LogP contribution in [0, 0.1) is 13.8 Å². The van der Waals surface area contributed by atoms with E-state index < -0.39 is 0 Å². The highest BCUT2D eigenvalue weighted by atomic mass is 127. The summed E-state index contributed by atoms with van der Waals surface area (Å²) in [7, 11) is 1.77. The lowest BCUT2D eigenvalue weighted by molar-refractivity contribution is 0.322. The van der Waals surface area contributed by atoms with Gasteiger partial charge in [-0.05, 0) is 38.0 Å². The van der Waals surface area contributed by atoms with Gasteiger partial charge in [0.1, 0.15) is 0 Å². The van der Waals surface area contributed by atoms with Crippen molar-refractivity contribution in [2.24, 2.45) is 4.99 Å². The molecule has 6 heteroatoms. The first-order valence-corrected chi connectivity index (χ1v) is 8.21. The molecule has 1 heterocycles. The highest BCUT2D eigenvalue weighted by Crippen LogP contribution is 2.14. The standard InChI is InChI=1S/C19H26N4O.HI/c1-5-24-18-17(7-6-10-21-18)13-23-19(20-4)22-12-16-9-8-14(2)11-15(16)3;/h6-11H,5,12-13H2,1-4H3,(H2,20,22,23);1H. The fraction of sp³-hybridized carbons (Fsp3) is 0.368. The highest BCUT2D eigenvalue weighted by Gasteiger charge is 2.06. The van der Waals surface area contributed by atoms with Crippen molar-refractivity contribution in [2.45, 2.75) is 33.9 Å². The molecule has 0 radical (unpaired) electrons. The number of aryl methyl sites for hydroxylation is 2. The van der Waals surface area contributed by atoms with E-state index in [0.29, 0.717) is 19.0 Å². The monoisotopic (exact) mass is 454 g/mol. The minimum absolute atomic E-state index is 0. The summed E-state index contributed by atoms with van der Waals surface area (Å²) >= 11 is 0. The van der Waals surface area contributed by atoms with Crippen LogP contribution < -0.4 is 15.4 Å². The van der Waals surface area contributed by atoms with Crippen LogP contribution in [0.25, 0.3) is 0 Å². The minimum Gasteiger partial charge on any atom is -0.478 e. The van der Waals surface area contributed by atoms with E-state index in [1.54, 1.807) is 13.2 Å². The van der Waals surface area contributed by atoms with E-state index in [1.807, 2.05) is 19.1 Å². The molecule has 0 spiro atoms. The average Bonchev–Trinajstić information content (AvgIpc) is 2.58. The van der Waals surface area contributed by atoms with Crippen molar-refractivity contribution in [1.82, 2.24) is 15.6 Å². The Morgan fingerprint density at radius 3 is 2.48 bits per heavy atom. The fourth-order valence-electron chi connectivity index (χ4n) is 2.45. The largest absolute Gasteiger partial charge is 0.478 e. The topological polar surface area (TPSA) is 58.5 Å². The summed E-state index contributed by atoms with van der Waals surface area (Å²) in [4.78, 5) is 8.54. The molecule has 0 unspecified atom stereocenters. The van der Waals surface area contributed by atoms with Gasteiger partial charge in [0, 0.05) is 31.9 Å². The van der Waals surface area contributed by atoms with Crippen molar-refractivity contribution in [3.05, 3.63) is 58.8 Å². The van der Waals surface area contributed by atoms with E-state index in [4.69, 9.17) is 4.74 Å². The number of ether oxygens (including phenoxy) is 1. The van der Waals surface area contributed by atoms with E-state index in [0.717, 1.165) is 18.1 Å². The van der Waals surface area contributed by atoms with Crippen molar-refractivity contribution >= 4 is 29.9 Å². The van der Waals surface area contributed by atoms with Gasteiger partial charge >= 0.3 is 0 Å². The first-order valence-electron chi connectivity index (χ1n) is 8.21. The van der Waals surface area contributed by atoms with E-state index >= 15 is 0 Å². The molecule has 0 bridgehead atoms. The minimum atomic E-state index is 0. The predicted octanol–water partition coefficient (Wildman–Crippen LogP) is 3.58. The molecule has 0 aliphatic rings. The normalized spacial score (nSPS) is 10.8. The molecular formula is C19H27IN4O. The summed E-state index contributed by atoms with van der Waals surface area (Å²) in [5.41, 5.74) is 4.83. The van der Waals surface area contributed by atoms with Gasteiger partial charge in [-0.3, -0.25) is 4.99 Å². The number of nitrogens with one attached hydrogen (secondary N) is 2. The maximum atomic E-state index is 5.55. The second kappa shape index (κ2) is 10.9. The van der Waals surface area contributed by atoms with E-state index in [1.165, 1.54) is 16.7 Å². The predicted molar refractivity (Wildman–Crippen MR) is 114 cm³/mol. The van der Waals surface area contributed by atoms with Crippen molar-refractivity contribution < 1.29 is 4.74 Å². The molecule has 0 atom stereocenters. The Morgan fingerprint density at radius 1 is 1.12 bits per heavy atom. The Kier molecular flexibility index (Phi) is 9.26. The summed E-state index contributed by atoms with van der Waals surface area (Å²) in [5, 5.41) is 6.65. The number of hydrogen-bond donors (Lipinski definition) is 2. The third-order valence-corrected chi connectivity index (χ3v) is 3.75. The quantitative estimate of drug-likeness (QED) is 0.398. The van der Waals surface area contributed by atoms with Crippen LogP contribution in [0.1, 0.15) is 29.2 Å². The Morgan fingerprint density at radius 2 is 1.84 bits per heavy atom. The first kappa shape index (κ1) is 21.2. The Balaban J connectivity index is 0.00000312. The van der Waals surface area contributed by atoms with Gasteiger partial charge in [-0.15, -0.1) is 24.0 Å². The molecular weight excluding hydrogens is 427 g/mol. The highest BCUT2D eigenvalue weighted by molar-refractivity contribution is 14.0. The number of benzene rings is 1. The third kappa shape index (κ3) is 6.53. The van der Waals surface area contributed by atoms with Crippen LogP contribution in [0.5, 0.6) is 5.88 Å². The molecule has 5 nitrogen and oxygen atoms in total. The SMILES string of the molecule is CCOc1ncccc1CNC(=NC)NCc1ccc(C)cc1C.I. The van der Waals surface area contributed by atoms with Crippen LogP contribution in [-0.4, -0.2) is 24.6 Å². The van der Waals surface area contributed by atoms with Gasteiger partial charge in [-0.1, -0.05) is 29.8 Å². The summed E-state index contributed by atoms with van der Waals surface area (Å²) in [6, 6.07) is 10.4. The summed E-state index contributed by atoms with van der Waals surface area (Å²) in [6.45, 7) is 8.13. The molecule has 2 rings (SSSR count). The van der Waals surface area contributed by atoms with Gasteiger partial charge in [0.05, 0.1) is 6.61 Å². The van der Waals surface area contributed by atoms with Crippen LogP contribution in [0.4, 0.5) is 0 Å². The molecule has 0 aliphatic carbocycles. The molecule has 25 heavy (non-hydrogen) atoms. The van der Waals surface area contributed by atoms with Crippen molar-refractivity contribution in [1.29, 1.82) is 0 Å². The molecule has 0 aliphatic heterocycles. The number of aromatic nitrogens is 1. The van der Waals surface area contributed by atoms with Gasteiger partial charge in [0.25, 0.3) is 0 Å². The van der Waals surface area contributed by atoms with Crippen LogP contribution in [0.15, 0.2) is 41.5 Å². The smallest absolute Gasteiger partial charge is 0.218 e. The van der Waals surface area contributed by atoms with Crippen LogP contribution in [0.3, 0.4) is 0 Å². The van der Waals surface area contributed by atoms with Gasteiger partial charge in [-0.25, -0.2) is 4.98 Å². The zero-order valence-electron chi connectivity index (χ0n) is 15.3. The molecule has 2 aromatic rings. The number of rotatable bonds is 6.